The molecule has 1 heterocycles. The van der Waals surface area contributed by atoms with Crippen molar-refractivity contribution in [1.29, 1.82) is 5.26 Å². The molecule has 1 saturated heterocycles. The minimum absolute atomic E-state index is 0.173. The molecule has 0 aliphatic carbocycles. The van der Waals surface area contributed by atoms with Gasteiger partial charge in [0.1, 0.15) is 23.9 Å². The van der Waals surface area contributed by atoms with Crippen LogP contribution in [0.3, 0.4) is 0 Å². The molecule has 1 aliphatic rings. The van der Waals surface area contributed by atoms with E-state index in [4.69, 9.17) is 10.4 Å². The molecule has 0 unspecified atom stereocenters. The molecule has 2 aromatic rings. The standard InChI is InChI=1S/C12H14F2N4S.C7H7FS/c13-9-6-18(7-9)2-1-17-12-8(5-15)3-10(19-16)4-11(12)14;1-9-7-4-2-6(8)3-5-7/h3-4,9,17H,1-2,6-7,16H2;2-5H,1H3. The number of likely N-dealkylation sites (tertiary alicyclic amines) is 1. The molecule has 0 atom stereocenters. The second-order valence-electron chi connectivity index (χ2n) is 6.00. The Balaban J connectivity index is 0.000000261. The van der Waals surface area contributed by atoms with Gasteiger partial charge < -0.3 is 5.32 Å². The molecule has 0 amide bonds. The molecule has 1 fully saturated rings. The van der Waals surface area contributed by atoms with Gasteiger partial charge in [0.25, 0.3) is 0 Å². The Hall–Kier alpha value is -1.86. The number of anilines is 1. The molecule has 3 N–H and O–H groups in total. The Morgan fingerprint density at radius 3 is 2.43 bits per heavy atom. The first-order valence-electron chi connectivity index (χ1n) is 8.47. The minimum atomic E-state index is -0.743. The van der Waals surface area contributed by atoms with Crippen molar-refractivity contribution in [2.24, 2.45) is 5.14 Å². The molecular formula is C19H21F3N4S2. The Labute approximate surface area is 171 Å². The normalized spacial score (nSPS) is 13.9. The van der Waals surface area contributed by atoms with Gasteiger partial charge in [-0.1, -0.05) is 0 Å². The molecule has 9 heteroatoms. The predicted octanol–water partition coefficient (Wildman–Crippen LogP) is 4.28. The van der Waals surface area contributed by atoms with E-state index in [1.165, 1.54) is 24.3 Å². The number of nitriles is 1. The van der Waals surface area contributed by atoms with Crippen LogP contribution in [0.25, 0.3) is 0 Å². The van der Waals surface area contributed by atoms with Crippen molar-refractivity contribution in [2.45, 2.75) is 16.0 Å². The van der Waals surface area contributed by atoms with E-state index in [2.05, 4.69) is 5.32 Å². The maximum Gasteiger partial charge on any atom is 0.148 e. The lowest BCUT2D eigenvalue weighted by Crippen LogP contribution is -2.49. The molecule has 0 radical (unpaired) electrons. The van der Waals surface area contributed by atoms with Crippen LogP contribution >= 0.6 is 23.7 Å². The number of benzene rings is 2. The van der Waals surface area contributed by atoms with Gasteiger partial charge in [-0.05, 0) is 54.6 Å². The number of nitrogens with one attached hydrogen (secondary N) is 1. The maximum absolute atomic E-state index is 13.8. The average Bonchev–Trinajstić information content (AvgIpc) is 2.68. The van der Waals surface area contributed by atoms with Crippen molar-refractivity contribution >= 4 is 29.4 Å². The number of nitrogens with zero attached hydrogens (tertiary/aromatic N) is 2. The van der Waals surface area contributed by atoms with E-state index >= 15 is 0 Å². The highest BCUT2D eigenvalue weighted by Crippen LogP contribution is 2.25. The van der Waals surface area contributed by atoms with Gasteiger partial charge in [-0.3, -0.25) is 10.0 Å². The molecule has 0 aromatic heterocycles. The van der Waals surface area contributed by atoms with E-state index in [-0.39, 0.29) is 17.1 Å². The third kappa shape index (κ3) is 6.63. The third-order valence-corrected chi connectivity index (χ3v) is 5.26. The van der Waals surface area contributed by atoms with Crippen molar-refractivity contribution in [1.82, 2.24) is 4.90 Å². The summed E-state index contributed by atoms with van der Waals surface area (Å²) >= 11 is 2.50. The number of hydrogen-bond acceptors (Lipinski definition) is 6. The summed E-state index contributed by atoms with van der Waals surface area (Å²) in [7, 11) is 0. The quantitative estimate of drug-likeness (QED) is 0.531. The average molecular weight is 427 g/mol. The van der Waals surface area contributed by atoms with E-state index in [1.807, 2.05) is 17.2 Å². The highest BCUT2D eigenvalue weighted by Gasteiger charge is 2.25. The van der Waals surface area contributed by atoms with E-state index in [0.29, 0.717) is 31.1 Å². The zero-order valence-electron chi connectivity index (χ0n) is 15.3. The van der Waals surface area contributed by atoms with Crippen molar-refractivity contribution in [2.75, 3.05) is 37.8 Å². The Kier molecular flexibility index (Phi) is 8.99. The van der Waals surface area contributed by atoms with Crippen molar-refractivity contribution in [3.8, 4) is 6.07 Å². The first-order valence-corrected chi connectivity index (χ1v) is 10.6. The smallest absolute Gasteiger partial charge is 0.148 e. The van der Waals surface area contributed by atoms with Crippen LogP contribution in [0.4, 0.5) is 18.9 Å². The molecule has 150 valence electrons. The van der Waals surface area contributed by atoms with Crippen LogP contribution < -0.4 is 10.5 Å². The van der Waals surface area contributed by atoms with Gasteiger partial charge in [0.15, 0.2) is 0 Å². The number of hydrogen-bond donors (Lipinski definition) is 2. The van der Waals surface area contributed by atoms with Crippen molar-refractivity contribution in [3.05, 3.63) is 53.6 Å². The van der Waals surface area contributed by atoms with Gasteiger partial charge in [-0.2, -0.15) is 5.26 Å². The SMILES string of the molecule is CSc1ccc(F)cc1.N#Cc1cc(SN)cc(F)c1NCCN1CC(F)C1. The topological polar surface area (TPSA) is 65.1 Å². The maximum atomic E-state index is 13.8. The first kappa shape index (κ1) is 22.4. The van der Waals surface area contributed by atoms with E-state index in [0.717, 1.165) is 16.8 Å². The lowest BCUT2D eigenvalue weighted by molar-refractivity contribution is 0.0698. The summed E-state index contributed by atoms with van der Waals surface area (Å²) in [6.45, 7) is 1.95. The number of nitrogens with two attached hydrogens (primary N) is 1. The largest absolute Gasteiger partial charge is 0.380 e. The molecule has 28 heavy (non-hydrogen) atoms. The fraction of sp³-hybridized carbons (Fsp3) is 0.316. The molecule has 2 aromatic carbocycles. The minimum Gasteiger partial charge on any atom is -0.380 e. The van der Waals surface area contributed by atoms with Gasteiger partial charge >= 0.3 is 0 Å². The second kappa shape index (κ2) is 11.2. The number of halogens is 3. The second-order valence-corrected chi connectivity index (χ2v) is 7.59. The fourth-order valence-electron chi connectivity index (χ4n) is 2.52. The summed E-state index contributed by atoms with van der Waals surface area (Å²) in [4.78, 5) is 3.52. The first-order chi connectivity index (χ1) is 13.5. The van der Waals surface area contributed by atoms with Crippen LogP contribution in [0.2, 0.25) is 0 Å². The molecule has 0 bridgehead atoms. The summed E-state index contributed by atoms with van der Waals surface area (Å²) in [5, 5.41) is 17.2. The fourth-order valence-corrected chi connectivity index (χ4v) is 3.28. The van der Waals surface area contributed by atoms with E-state index < -0.39 is 12.0 Å². The Bertz CT molecular complexity index is 806. The number of alkyl halides is 1. The summed E-state index contributed by atoms with van der Waals surface area (Å²) in [5.74, 6) is -0.674. The highest BCUT2D eigenvalue weighted by atomic mass is 32.2. The van der Waals surface area contributed by atoms with Gasteiger partial charge in [-0.15, -0.1) is 11.8 Å². The lowest BCUT2D eigenvalue weighted by atomic mass is 10.1. The van der Waals surface area contributed by atoms with Gasteiger partial charge in [0.2, 0.25) is 0 Å². The van der Waals surface area contributed by atoms with E-state index in [9.17, 15) is 13.2 Å². The van der Waals surface area contributed by atoms with Crippen LogP contribution in [0, 0.1) is 23.0 Å². The van der Waals surface area contributed by atoms with Crippen molar-refractivity contribution in [3.63, 3.8) is 0 Å². The summed E-state index contributed by atoms with van der Waals surface area (Å²) < 4.78 is 38.6. The van der Waals surface area contributed by atoms with Crippen LogP contribution in [-0.2, 0) is 0 Å². The van der Waals surface area contributed by atoms with Crippen LogP contribution in [0.15, 0.2) is 46.2 Å². The summed E-state index contributed by atoms with van der Waals surface area (Å²) in [5.41, 5.74) is 0.401. The molecule has 4 nitrogen and oxygen atoms in total. The summed E-state index contributed by atoms with van der Waals surface area (Å²) in [6, 6.07) is 11.2. The zero-order chi connectivity index (χ0) is 20.5. The third-order valence-electron chi connectivity index (χ3n) is 4.01. The van der Waals surface area contributed by atoms with Gasteiger partial charge in [0.05, 0.1) is 11.3 Å². The van der Waals surface area contributed by atoms with Crippen LogP contribution in [0.1, 0.15) is 5.56 Å². The van der Waals surface area contributed by atoms with Gasteiger partial charge in [0, 0.05) is 36.0 Å². The summed E-state index contributed by atoms with van der Waals surface area (Å²) in [6.07, 6.45) is 1.22. The van der Waals surface area contributed by atoms with Crippen LogP contribution in [0.5, 0.6) is 0 Å². The number of rotatable bonds is 6. The highest BCUT2D eigenvalue weighted by molar-refractivity contribution is 7.98. The zero-order valence-corrected chi connectivity index (χ0v) is 16.9. The molecule has 0 saturated carbocycles. The van der Waals surface area contributed by atoms with Gasteiger partial charge in [-0.25, -0.2) is 13.2 Å². The number of thioether (sulfide) groups is 1. The van der Waals surface area contributed by atoms with E-state index in [1.54, 1.807) is 23.9 Å². The van der Waals surface area contributed by atoms with Crippen LogP contribution in [-0.4, -0.2) is 43.5 Å². The monoisotopic (exact) mass is 426 g/mol. The van der Waals surface area contributed by atoms with Crippen molar-refractivity contribution < 1.29 is 13.2 Å². The lowest BCUT2D eigenvalue weighted by Gasteiger charge is -2.34. The molecule has 0 spiro atoms. The molecule has 3 rings (SSSR count). The predicted molar refractivity (Wildman–Crippen MR) is 109 cm³/mol. The Morgan fingerprint density at radius 1 is 1.21 bits per heavy atom. The Morgan fingerprint density at radius 2 is 1.89 bits per heavy atom. The molecule has 1 aliphatic heterocycles. The molecular weight excluding hydrogens is 405 g/mol.